The molecule has 6 rings (SSSR count). The normalized spacial score (nSPS) is 18.7. The zero-order valence-electron chi connectivity index (χ0n) is 30.3. The molecule has 9 nitrogen and oxygen atoms in total. The maximum Gasteiger partial charge on any atom is 0.242 e. The molecule has 3 N–H and O–H groups in total. The van der Waals surface area contributed by atoms with Crippen LogP contribution in [0, 0.1) is 6.92 Å². The molecule has 10 heteroatoms. The number of hydrogen-bond acceptors (Lipinski definition) is 7. The lowest BCUT2D eigenvalue weighted by molar-refractivity contribution is -0.253. The van der Waals surface area contributed by atoms with Crippen LogP contribution in [0.5, 0.6) is 0 Å². The Morgan fingerprint density at radius 1 is 0.811 bits per heavy atom. The van der Waals surface area contributed by atoms with Crippen molar-refractivity contribution in [1.82, 2.24) is 9.62 Å². The van der Waals surface area contributed by atoms with Gasteiger partial charge in [-0.1, -0.05) is 115 Å². The fourth-order valence-electron chi connectivity index (χ4n) is 6.46. The number of nitrogens with zero attached hydrogens (tertiary/aromatic N) is 1. The van der Waals surface area contributed by atoms with Gasteiger partial charge in [-0.05, 0) is 73.8 Å². The lowest BCUT2D eigenvalue weighted by Gasteiger charge is -2.39. The molecular weight excluding hydrogens is 687 g/mol. The number of benzene rings is 5. The summed E-state index contributed by atoms with van der Waals surface area (Å²) in [6.45, 7) is 4.71. The van der Waals surface area contributed by atoms with Gasteiger partial charge in [0, 0.05) is 30.3 Å². The minimum absolute atomic E-state index is 0.0309. The van der Waals surface area contributed by atoms with E-state index < -0.39 is 28.3 Å². The number of carbonyl (C=O) groups excluding carboxylic acids is 1. The molecule has 0 aromatic heterocycles. The van der Waals surface area contributed by atoms with E-state index in [1.807, 2.05) is 91.9 Å². The number of carbonyl (C=O) groups is 1. The molecule has 276 valence electrons. The minimum atomic E-state index is -3.98. The van der Waals surface area contributed by atoms with Crippen LogP contribution in [0.4, 0.5) is 5.69 Å². The van der Waals surface area contributed by atoms with Crippen molar-refractivity contribution < 1.29 is 27.8 Å². The molecule has 5 aromatic rings. The lowest BCUT2D eigenvalue weighted by Crippen LogP contribution is -2.45. The van der Waals surface area contributed by atoms with Crippen LogP contribution in [-0.4, -0.2) is 50.1 Å². The fourth-order valence-corrected chi connectivity index (χ4v) is 7.66. The Balaban J connectivity index is 1.18. The summed E-state index contributed by atoms with van der Waals surface area (Å²) in [6, 6.07) is 40.3. The first-order valence-electron chi connectivity index (χ1n) is 17.9. The Labute approximate surface area is 312 Å². The van der Waals surface area contributed by atoms with Gasteiger partial charge in [-0.25, -0.2) is 8.42 Å². The summed E-state index contributed by atoms with van der Waals surface area (Å²) in [5.74, 6) is -0.482. The number of likely N-dealkylation sites (N-methyl/N-ethyl adjacent to an activating group) is 1. The van der Waals surface area contributed by atoms with Gasteiger partial charge in [0.25, 0.3) is 0 Å². The molecule has 53 heavy (non-hydrogen) atoms. The lowest BCUT2D eigenvalue weighted by atomic mass is 9.99. The van der Waals surface area contributed by atoms with Crippen molar-refractivity contribution in [2.45, 2.75) is 68.8 Å². The van der Waals surface area contributed by atoms with E-state index in [1.54, 1.807) is 24.3 Å². The van der Waals surface area contributed by atoms with Gasteiger partial charge >= 0.3 is 0 Å². The molecule has 0 bridgehead atoms. The summed E-state index contributed by atoms with van der Waals surface area (Å²) in [7, 11) is -1.89. The van der Waals surface area contributed by atoms with Crippen molar-refractivity contribution in [2.75, 3.05) is 18.9 Å². The molecule has 0 aliphatic carbocycles. The van der Waals surface area contributed by atoms with Crippen LogP contribution < -0.4 is 10.0 Å². The zero-order chi connectivity index (χ0) is 37.4. The third-order valence-electron chi connectivity index (χ3n) is 9.73. The SMILES string of the molecule is Cc1ccc(S(=O)(=O)N[C@H](Cc2ccccc2)C(=O)Nc2ccc([C@H]3O[C@@H](CN(C)[C@@H](C)c4ccccc4)C[C@@H](c4ccc(CO)cc4)O3)cc2)cc1. The van der Waals surface area contributed by atoms with Crippen molar-refractivity contribution in [3.05, 3.63) is 167 Å². The molecule has 0 unspecified atom stereocenters. The van der Waals surface area contributed by atoms with Crippen LogP contribution in [0.3, 0.4) is 0 Å². The van der Waals surface area contributed by atoms with Gasteiger partial charge in [-0.15, -0.1) is 0 Å². The first-order valence-corrected chi connectivity index (χ1v) is 19.4. The van der Waals surface area contributed by atoms with Crippen molar-refractivity contribution in [3.63, 3.8) is 0 Å². The highest BCUT2D eigenvalue weighted by molar-refractivity contribution is 7.89. The van der Waals surface area contributed by atoms with Crippen LogP contribution in [0.2, 0.25) is 0 Å². The highest BCUT2D eigenvalue weighted by Gasteiger charge is 2.34. The molecule has 1 amide bonds. The number of aryl methyl sites for hydroxylation is 1. The summed E-state index contributed by atoms with van der Waals surface area (Å²) in [6.07, 6.45) is -0.248. The number of rotatable bonds is 14. The van der Waals surface area contributed by atoms with Gasteiger partial charge in [0.2, 0.25) is 15.9 Å². The van der Waals surface area contributed by atoms with Crippen molar-refractivity contribution in [1.29, 1.82) is 0 Å². The first-order chi connectivity index (χ1) is 25.6. The highest BCUT2D eigenvalue weighted by Crippen LogP contribution is 2.39. The molecule has 0 radical (unpaired) electrons. The van der Waals surface area contributed by atoms with E-state index in [0.29, 0.717) is 18.7 Å². The molecule has 1 aliphatic heterocycles. The maximum atomic E-state index is 13.7. The fraction of sp³-hybridized carbons (Fsp3) is 0.279. The average molecular weight is 734 g/mol. The second kappa shape index (κ2) is 17.4. The Kier molecular flexibility index (Phi) is 12.5. The van der Waals surface area contributed by atoms with Gasteiger partial charge in [-0.2, -0.15) is 4.72 Å². The number of ether oxygens (including phenoxy) is 2. The third-order valence-corrected chi connectivity index (χ3v) is 11.2. The van der Waals surface area contributed by atoms with Crippen LogP contribution in [0.15, 0.2) is 138 Å². The molecule has 5 aromatic carbocycles. The van der Waals surface area contributed by atoms with Crippen molar-refractivity contribution in [3.8, 4) is 0 Å². The Morgan fingerprint density at radius 2 is 1.43 bits per heavy atom. The van der Waals surface area contributed by atoms with E-state index in [-0.39, 0.29) is 36.2 Å². The van der Waals surface area contributed by atoms with Crippen LogP contribution in [0.1, 0.15) is 65.2 Å². The summed E-state index contributed by atoms with van der Waals surface area (Å²) in [4.78, 5) is 16.1. The summed E-state index contributed by atoms with van der Waals surface area (Å²) < 4.78 is 42.5. The molecule has 0 spiro atoms. The number of anilines is 1. The molecule has 1 heterocycles. The molecule has 1 aliphatic rings. The van der Waals surface area contributed by atoms with E-state index in [2.05, 4.69) is 41.0 Å². The Bertz CT molecular complexity index is 2030. The van der Waals surface area contributed by atoms with Gasteiger partial charge < -0.3 is 19.9 Å². The predicted octanol–water partition coefficient (Wildman–Crippen LogP) is 7.25. The standard InChI is InChI=1S/C43H47N3O6S/c1-30-14-24-39(25-15-30)53(49,50)45-40(26-32-10-6-4-7-11-32)42(48)44-37-22-20-36(21-23-37)43-51-38(28-46(3)31(2)34-12-8-5-9-13-34)27-41(52-43)35-18-16-33(29-47)17-19-35/h4-25,31,38,40-41,43,45,47H,26-29H2,1-3H3,(H,44,48)/t31-,38+,40+,41-,43-/m0/s1. The molecule has 5 atom stereocenters. The second-order valence-corrected chi connectivity index (χ2v) is 15.4. The zero-order valence-corrected chi connectivity index (χ0v) is 31.1. The average Bonchev–Trinajstić information content (AvgIpc) is 3.18. The van der Waals surface area contributed by atoms with Gasteiger partial charge in [0.05, 0.1) is 23.7 Å². The Morgan fingerprint density at radius 3 is 2.08 bits per heavy atom. The minimum Gasteiger partial charge on any atom is -0.392 e. The molecule has 1 fully saturated rings. The van der Waals surface area contributed by atoms with Gasteiger partial charge in [0.1, 0.15) is 6.04 Å². The number of sulfonamides is 1. The van der Waals surface area contributed by atoms with Crippen LogP contribution in [0.25, 0.3) is 0 Å². The number of aliphatic hydroxyl groups is 1. The van der Waals surface area contributed by atoms with E-state index in [4.69, 9.17) is 9.47 Å². The van der Waals surface area contributed by atoms with Crippen LogP contribution >= 0.6 is 0 Å². The van der Waals surface area contributed by atoms with Gasteiger partial charge in [-0.3, -0.25) is 9.69 Å². The number of hydrogen-bond donors (Lipinski definition) is 3. The number of aliphatic hydroxyl groups excluding tert-OH is 1. The Hall–Kier alpha value is -4.68. The number of nitrogens with one attached hydrogen (secondary N) is 2. The number of amides is 1. The summed E-state index contributed by atoms with van der Waals surface area (Å²) in [5.41, 5.74) is 6.09. The monoisotopic (exact) mass is 733 g/mol. The van der Waals surface area contributed by atoms with Gasteiger partial charge in [0.15, 0.2) is 6.29 Å². The third kappa shape index (κ3) is 10.1. The van der Waals surface area contributed by atoms with E-state index in [9.17, 15) is 18.3 Å². The largest absolute Gasteiger partial charge is 0.392 e. The second-order valence-electron chi connectivity index (χ2n) is 13.7. The summed E-state index contributed by atoms with van der Waals surface area (Å²) >= 11 is 0. The quantitative estimate of drug-likeness (QED) is 0.110. The van der Waals surface area contributed by atoms with Crippen molar-refractivity contribution in [2.24, 2.45) is 0 Å². The first kappa shape index (κ1) is 38.1. The van der Waals surface area contributed by atoms with Crippen molar-refractivity contribution >= 4 is 21.6 Å². The van der Waals surface area contributed by atoms with E-state index in [0.717, 1.165) is 27.8 Å². The maximum absolute atomic E-state index is 13.7. The molecule has 1 saturated heterocycles. The summed E-state index contributed by atoms with van der Waals surface area (Å²) in [5, 5.41) is 12.5. The van der Waals surface area contributed by atoms with E-state index in [1.165, 1.54) is 17.7 Å². The van der Waals surface area contributed by atoms with E-state index >= 15 is 0 Å². The predicted molar refractivity (Wildman–Crippen MR) is 206 cm³/mol. The highest BCUT2D eigenvalue weighted by atomic mass is 32.2. The topological polar surface area (TPSA) is 117 Å². The smallest absolute Gasteiger partial charge is 0.242 e. The van der Waals surface area contributed by atoms with Crippen LogP contribution in [-0.2, 0) is 37.3 Å². The molecule has 0 saturated carbocycles. The molecular formula is C43H47N3O6S.